The smallest absolute Gasteiger partial charge is 0.208 e. The van der Waals surface area contributed by atoms with E-state index < -0.39 is 15.8 Å². The second kappa shape index (κ2) is 7.36. The number of unbranched alkanes of at least 4 members (excludes halogenated alkanes) is 2. The summed E-state index contributed by atoms with van der Waals surface area (Å²) in [5, 5.41) is 0. The minimum atomic E-state index is -3.65. The van der Waals surface area contributed by atoms with Crippen LogP contribution in [0.25, 0.3) is 0 Å². The molecule has 0 spiro atoms. The van der Waals surface area contributed by atoms with Crippen LogP contribution < -0.4 is 4.72 Å². The minimum Gasteiger partial charge on any atom is -0.208 e. The van der Waals surface area contributed by atoms with Gasteiger partial charge in [-0.3, -0.25) is 0 Å². The number of hydrogen-bond donors (Lipinski definition) is 1. The Morgan fingerprint density at radius 2 is 2.05 bits per heavy atom. The highest BCUT2D eigenvalue weighted by Crippen LogP contribution is 2.19. The lowest BCUT2D eigenvalue weighted by atomic mass is 10.1. The number of halogens is 2. The number of hydrogen-bond acceptors (Lipinski definition) is 2. The average Bonchev–Trinajstić information content (AvgIpc) is 2.32. The van der Waals surface area contributed by atoms with Crippen LogP contribution in [0.3, 0.4) is 0 Å². The van der Waals surface area contributed by atoms with E-state index >= 15 is 0 Å². The first kappa shape index (κ1) is 16.6. The van der Waals surface area contributed by atoms with E-state index in [1.54, 1.807) is 0 Å². The van der Waals surface area contributed by atoms with Crippen molar-refractivity contribution in [1.29, 1.82) is 0 Å². The van der Waals surface area contributed by atoms with Gasteiger partial charge in [-0.2, -0.15) is 0 Å². The molecule has 0 heterocycles. The molecule has 1 N–H and O–H groups in total. The lowest BCUT2D eigenvalue weighted by Gasteiger charge is -2.14. The van der Waals surface area contributed by atoms with Gasteiger partial charge < -0.3 is 0 Å². The highest BCUT2D eigenvalue weighted by Gasteiger charge is 2.18. The van der Waals surface area contributed by atoms with Gasteiger partial charge in [0.2, 0.25) is 10.0 Å². The minimum absolute atomic E-state index is 0.0458. The zero-order valence-electron chi connectivity index (χ0n) is 11.1. The van der Waals surface area contributed by atoms with Gasteiger partial charge in [0.05, 0.1) is 9.37 Å². The van der Waals surface area contributed by atoms with Gasteiger partial charge in [-0.05, 0) is 47.5 Å². The van der Waals surface area contributed by atoms with Crippen LogP contribution in [0.4, 0.5) is 4.39 Å². The Balaban J connectivity index is 2.72. The average molecular weight is 352 g/mol. The molecule has 6 heteroatoms. The first-order valence-corrected chi connectivity index (χ1v) is 8.62. The van der Waals surface area contributed by atoms with Gasteiger partial charge in [-0.15, -0.1) is 0 Å². The highest BCUT2D eigenvalue weighted by molar-refractivity contribution is 9.10. The molecule has 0 aliphatic carbocycles. The molecular weight excluding hydrogens is 333 g/mol. The summed E-state index contributed by atoms with van der Waals surface area (Å²) in [7, 11) is -3.65. The molecule has 1 aromatic rings. The van der Waals surface area contributed by atoms with Crippen molar-refractivity contribution in [2.45, 2.75) is 50.5 Å². The number of rotatable bonds is 7. The normalized spacial score (nSPS) is 13.5. The first-order chi connectivity index (χ1) is 8.86. The molecule has 0 aromatic heterocycles. The van der Waals surface area contributed by atoms with Crippen LogP contribution in [0, 0.1) is 5.82 Å². The highest BCUT2D eigenvalue weighted by atomic mass is 79.9. The van der Waals surface area contributed by atoms with Crippen molar-refractivity contribution in [1.82, 2.24) is 4.72 Å². The Labute approximate surface area is 122 Å². The lowest BCUT2D eigenvalue weighted by Crippen LogP contribution is -2.32. The molecule has 0 saturated heterocycles. The maximum Gasteiger partial charge on any atom is 0.240 e. The Morgan fingerprint density at radius 3 is 2.63 bits per heavy atom. The van der Waals surface area contributed by atoms with Crippen LogP contribution in [0.15, 0.2) is 27.6 Å². The zero-order chi connectivity index (χ0) is 14.5. The summed E-state index contributed by atoms with van der Waals surface area (Å²) in [6.07, 6.45) is 3.94. The van der Waals surface area contributed by atoms with Gasteiger partial charge in [0.25, 0.3) is 0 Å². The van der Waals surface area contributed by atoms with Gasteiger partial charge >= 0.3 is 0 Å². The second-order valence-corrected chi connectivity index (χ2v) is 7.16. The maximum absolute atomic E-state index is 13.4. The fourth-order valence-electron chi connectivity index (χ4n) is 1.74. The Kier molecular flexibility index (Phi) is 6.42. The van der Waals surface area contributed by atoms with E-state index in [1.807, 2.05) is 6.92 Å². The first-order valence-electron chi connectivity index (χ1n) is 6.34. The van der Waals surface area contributed by atoms with Crippen molar-refractivity contribution in [3.8, 4) is 0 Å². The summed E-state index contributed by atoms with van der Waals surface area (Å²) in [4.78, 5) is -0.0458. The molecule has 1 rings (SSSR count). The van der Waals surface area contributed by atoms with Gasteiger partial charge in [0.15, 0.2) is 0 Å². The Morgan fingerprint density at radius 1 is 1.37 bits per heavy atom. The molecule has 1 atom stereocenters. The monoisotopic (exact) mass is 351 g/mol. The molecule has 0 amide bonds. The van der Waals surface area contributed by atoms with Gasteiger partial charge in [-0.1, -0.05) is 26.2 Å². The molecule has 19 heavy (non-hydrogen) atoms. The van der Waals surface area contributed by atoms with Crippen LogP contribution in [0.1, 0.15) is 39.5 Å². The van der Waals surface area contributed by atoms with Gasteiger partial charge in [0, 0.05) is 6.04 Å². The standard InChI is InChI=1S/C13H19BrFNO2S/c1-3-4-5-6-10(2)16-19(17,18)11-7-8-12(14)13(15)9-11/h7-10,16H,3-6H2,1-2H3. The number of nitrogens with one attached hydrogen (secondary N) is 1. The summed E-state index contributed by atoms with van der Waals surface area (Å²) in [6.45, 7) is 3.92. The van der Waals surface area contributed by atoms with Gasteiger partial charge in [0.1, 0.15) is 5.82 Å². The van der Waals surface area contributed by atoms with E-state index in [2.05, 4.69) is 27.6 Å². The van der Waals surface area contributed by atoms with Crippen LogP contribution >= 0.6 is 15.9 Å². The molecule has 0 bridgehead atoms. The largest absolute Gasteiger partial charge is 0.240 e. The summed E-state index contributed by atoms with van der Waals surface area (Å²) in [5.74, 6) is -0.582. The van der Waals surface area contributed by atoms with Crippen molar-refractivity contribution < 1.29 is 12.8 Å². The van der Waals surface area contributed by atoms with Crippen molar-refractivity contribution in [2.24, 2.45) is 0 Å². The van der Waals surface area contributed by atoms with Crippen LogP contribution in [-0.4, -0.2) is 14.5 Å². The fourth-order valence-corrected chi connectivity index (χ4v) is 3.27. The SMILES string of the molecule is CCCCCC(C)NS(=O)(=O)c1ccc(Br)c(F)c1. The number of sulfonamides is 1. The molecular formula is C13H19BrFNO2S. The number of benzene rings is 1. The molecule has 1 unspecified atom stereocenters. The van der Waals surface area contributed by atoms with Crippen LogP contribution in [0.2, 0.25) is 0 Å². The molecule has 1 aromatic carbocycles. The molecule has 0 fully saturated rings. The Hall–Kier alpha value is -0.460. The summed E-state index contributed by atoms with van der Waals surface area (Å²) < 4.78 is 40.3. The van der Waals surface area contributed by atoms with Crippen molar-refractivity contribution in [3.63, 3.8) is 0 Å². The van der Waals surface area contributed by atoms with Crippen LogP contribution in [0.5, 0.6) is 0 Å². The van der Waals surface area contributed by atoms with Gasteiger partial charge in [-0.25, -0.2) is 17.5 Å². The quantitative estimate of drug-likeness (QED) is 0.758. The lowest BCUT2D eigenvalue weighted by molar-refractivity contribution is 0.526. The van der Waals surface area contributed by atoms with Crippen LogP contribution in [-0.2, 0) is 10.0 Å². The third kappa shape index (κ3) is 5.20. The summed E-state index contributed by atoms with van der Waals surface area (Å²) in [6, 6.07) is 3.65. The summed E-state index contributed by atoms with van der Waals surface area (Å²) >= 11 is 3.00. The van der Waals surface area contributed by atoms with E-state index in [9.17, 15) is 12.8 Å². The molecule has 0 aliphatic heterocycles. The van der Waals surface area contributed by atoms with Crippen molar-refractivity contribution in [2.75, 3.05) is 0 Å². The van der Waals surface area contributed by atoms with E-state index in [0.29, 0.717) is 0 Å². The third-order valence-electron chi connectivity index (χ3n) is 2.80. The maximum atomic E-state index is 13.4. The summed E-state index contributed by atoms with van der Waals surface area (Å²) in [5.41, 5.74) is 0. The molecule has 3 nitrogen and oxygen atoms in total. The topological polar surface area (TPSA) is 46.2 Å². The van der Waals surface area contributed by atoms with E-state index in [-0.39, 0.29) is 15.4 Å². The molecule has 0 radical (unpaired) electrons. The zero-order valence-corrected chi connectivity index (χ0v) is 13.5. The molecule has 0 aliphatic rings. The van der Waals surface area contributed by atoms with E-state index in [0.717, 1.165) is 31.7 Å². The second-order valence-electron chi connectivity index (χ2n) is 4.59. The van der Waals surface area contributed by atoms with Crippen molar-refractivity contribution >= 4 is 26.0 Å². The van der Waals surface area contributed by atoms with E-state index in [1.165, 1.54) is 12.1 Å². The predicted octanol–water partition coefficient (Wildman–Crippen LogP) is 3.84. The van der Waals surface area contributed by atoms with Crippen molar-refractivity contribution in [3.05, 3.63) is 28.5 Å². The predicted molar refractivity (Wildman–Crippen MR) is 78.0 cm³/mol. The Bertz CT molecular complexity index is 519. The fraction of sp³-hybridized carbons (Fsp3) is 0.538. The third-order valence-corrected chi connectivity index (χ3v) is 5.03. The molecule has 108 valence electrons. The van der Waals surface area contributed by atoms with E-state index in [4.69, 9.17) is 0 Å². The molecule has 0 saturated carbocycles.